The van der Waals surface area contributed by atoms with Gasteiger partial charge in [-0.2, -0.15) is 8.42 Å². The van der Waals surface area contributed by atoms with E-state index < -0.39 is 10.4 Å². The first-order chi connectivity index (χ1) is 10.9. The van der Waals surface area contributed by atoms with Crippen LogP contribution in [0, 0.1) is 0 Å². The van der Waals surface area contributed by atoms with Crippen molar-refractivity contribution in [1.29, 1.82) is 0 Å². The van der Waals surface area contributed by atoms with Gasteiger partial charge in [-0.1, -0.05) is 6.07 Å². The monoisotopic (exact) mass is 346 g/mol. The van der Waals surface area contributed by atoms with E-state index in [-0.39, 0.29) is 0 Å². The van der Waals surface area contributed by atoms with E-state index in [0.717, 1.165) is 12.4 Å². The molecule has 5 nitrogen and oxygen atoms in total. The van der Waals surface area contributed by atoms with Crippen LogP contribution in [0.15, 0.2) is 54.6 Å². The predicted octanol–water partition coefficient (Wildman–Crippen LogP) is 3.45. The molecule has 0 fully saturated rings. The molecule has 0 unspecified atom stereocenters. The summed E-state index contributed by atoms with van der Waals surface area (Å²) < 4.78 is 38.7. The molecule has 0 aromatic heterocycles. The number of benzene rings is 2. The maximum absolute atomic E-state index is 8.74. The summed E-state index contributed by atoms with van der Waals surface area (Å²) in [4.78, 5) is 0. The summed E-state index contributed by atoms with van der Waals surface area (Å²) in [7, 11) is -4.67. The summed E-state index contributed by atoms with van der Waals surface area (Å²) in [6, 6.07) is 18.8. The normalized spacial score (nSPS) is 10.6. The Hall–Kier alpha value is -0.890. The molecule has 0 saturated carbocycles. The average Bonchev–Trinajstić information content (AvgIpc) is 2.51. The molecule has 2 aromatic rings. The Kier molecular flexibility index (Phi) is 9.47. The van der Waals surface area contributed by atoms with E-state index in [4.69, 9.17) is 22.3 Å². The molecule has 7 heteroatoms. The molecular formula is C16H19NaO5S. The van der Waals surface area contributed by atoms with E-state index in [1.807, 2.05) is 6.07 Å². The fourth-order valence-electron chi connectivity index (χ4n) is 1.92. The Morgan fingerprint density at radius 3 is 1.91 bits per heavy atom. The van der Waals surface area contributed by atoms with Gasteiger partial charge in [0, 0.05) is 0 Å². The van der Waals surface area contributed by atoms with E-state index in [1.165, 1.54) is 55.6 Å². The molecule has 0 aliphatic rings. The zero-order chi connectivity index (χ0) is 17.1. The van der Waals surface area contributed by atoms with Crippen LogP contribution in [0.5, 0.6) is 5.75 Å². The van der Waals surface area contributed by atoms with Crippen LogP contribution in [0.25, 0.3) is 11.1 Å². The van der Waals surface area contributed by atoms with Crippen molar-refractivity contribution in [3.63, 3.8) is 0 Å². The second kappa shape index (κ2) is 10.8. The van der Waals surface area contributed by atoms with Gasteiger partial charge in [0.2, 0.25) is 0 Å². The van der Waals surface area contributed by atoms with Crippen molar-refractivity contribution in [2.45, 2.75) is 16.5 Å². The molecule has 120 valence electrons. The molecule has 0 spiro atoms. The predicted molar refractivity (Wildman–Crippen MR) is 91.3 cm³/mol. The molecule has 0 atom stereocenters. The SMILES string of the molecule is O=S(=O)(O)O.[Na][CH2]CCCOc1ccc(-c2ccccc2)cc1. The molecule has 0 saturated heterocycles. The van der Waals surface area contributed by atoms with Crippen LogP contribution < -0.4 is 4.74 Å². The maximum atomic E-state index is 8.74. The van der Waals surface area contributed by atoms with E-state index in [0.29, 0.717) is 0 Å². The van der Waals surface area contributed by atoms with Gasteiger partial charge in [0.05, 0.1) is 0 Å². The zero-order valence-electron chi connectivity index (χ0n) is 13.1. The summed E-state index contributed by atoms with van der Waals surface area (Å²) in [5.41, 5.74) is 2.49. The van der Waals surface area contributed by atoms with Crippen molar-refractivity contribution < 1.29 is 22.3 Å². The summed E-state index contributed by atoms with van der Waals surface area (Å²) in [5, 5.41) is 0. The molecule has 0 aliphatic carbocycles. The van der Waals surface area contributed by atoms with E-state index in [2.05, 4.69) is 48.5 Å². The standard InChI is InChI=1S/C16H17O.Na.H2O4S/c1-2-3-13-17-16-11-9-15(10-12-16)14-7-5-4-6-8-14;;1-5(2,3)4/h4-12H,1-3,13H2;;(H2,1,2,3,4). The molecule has 0 bridgehead atoms. The Labute approximate surface area is 154 Å². The van der Waals surface area contributed by atoms with Crippen LogP contribution >= 0.6 is 0 Å². The third kappa shape index (κ3) is 10.5. The first kappa shape index (κ1) is 20.2. The average molecular weight is 346 g/mol. The summed E-state index contributed by atoms with van der Waals surface area (Å²) in [6.45, 7) is 0.840. The Morgan fingerprint density at radius 2 is 1.39 bits per heavy atom. The topological polar surface area (TPSA) is 83.8 Å². The Morgan fingerprint density at radius 1 is 0.870 bits per heavy atom. The third-order valence-electron chi connectivity index (χ3n) is 2.98. The van der Waals surface area contributed by atoms with Crippen LogP contribution in [0.4, 0.5) is 0 Å². The summed E-state index contributed by atoms with van der Waals surface area (Å²) in [5.74, 6) is 0.975. The van der Waals surface area contributed by atoms with Gasteiger partial charge in [0.15, 0.2) is 0 Å². The first-order valence-corrected chi connectivity index (χ1v) is 10.2. The van der Waals surface area contributed by atoms with Crippen LogP contribution in [-0.2, 0) is 10.4 Å². The van der Waals surface area contributed by atoms with Gasteiger partial charge in [0.25, 0.3) is 0 Å². The summed E-state index contributed by atoms with van der Waals surface area (Å²) in [6.07, 6.45) is 2.47. The minimum absolute atomic E-state index is 0.840. The fourth-order valence-corrected chi connectivity index (χ4v) is 2.42. The van der Waals surface area contributed by atoms with Crippen LogP contribution in [0.3, 0.4) is 0 Å². The molecule has 0 heterocycles. The van der Waals surface area contributed by atoms with Gasteiger partial charge in [-0.3, -0.25) is 9.11 Å². The van der Waals surface area contributed by atoms with Gasteiger partial charge in [-0.15, -0.1) is 0 Å². The van der Waals surface area contributed by atoms with Gasteiger partial charge in [-0.25, -0.2) is 0 Å². The second-order valence-electron chi connectivity index (χ2n) is 4.89. The Balaban J connectivity index is 0.000000463. The second-order valence-corrected chi connectivity index (χ2v) is 6.79. The molecule has 2 aromatic carbocycles. The van der Waals surface area contributed by atoms with Crippen molar-refractivity contribution in [2.24, 2.45) is 0 Å². The molecule has 0 aliphatic heterocycles. The third-order valence-corrected chi connectivity index (χ3v) is 3.69. The van der Waals surface area contributed by atoms with Crippen molar-refractivity contribution in [3.05, 3.63) is 54.6 Å². The quantitative estimate of drug-likeness (QED) is 0.475. The summed E-state index contributed by atoms with van der Waals surface area (Å²) >= 11 is 1.30. The van der Waals surface area contributed by atoms with E-state index in [9.17, 15) is 0 Å². The fraction of sp³-hybridized carbons (Fsp3) is 0.250. The molecule has 0 radical (unpaired) electrons. The number of hydrogen-bond acceptors (Lipinski definition) is 3. The number of rotatable bonds is 6. The van der Waals surface area contributed by atoms with Gasteiger partial charge >= 0.3 is 132 Å². The molecule has 2 N–H and O–H groups in total. The zero-order valence-corrected chi connectivity index (χ0v) is 15.9. The van der Waals surface area contributed by atoms with Crippen molar-refractivity contribution in [2.75, 3.05) is 6.61 Å². The number of hydrogen-bond donors (Lipinski definition) is 2. The molecule has 0 amide bonds. The Bertz CT molecular complexity index is 649. The van der Waals surface area contributed by atoms with Crippen molar-refractivity contribution in [3.8, 4) is 16.9 Å². The van der Waals surface area contributed by atoms with Gasteiger partial charge in [0.1, 0.15) is 0 Å². The van der Waals surface area contributed by atoms with Crippen LogP contribution in [0.1, 0.15) is 12.8 Å². The molecule has 2 rings (SSSR count). The first-order valence-electron chi connectivity index (χ1n) is 7.38. The van der Waals surface area contributed by atoms with Crippen LogP contribution in [-0.4, -0.2) is 52.1 Å². The van der Waals surface area contributed by atoms with Crippen LogP contribution in [0.2, 0.25) is 3.67 Å². The van der Waals surface area contributed by atoms with Gasteiger partial charge in [-0.05, 0) is 0 Å². The van der Waals surface area contributed by atoms with Crippen molar-refractivity contribution >= 4 is 38.3 Å². The van der Waals surface area contributed by atoms with E-state index >= 15 is 0 Å². The minimum atomic E-state index is -4.67. The number of ether oxygens (including phenoxy) is 1. The number of unbranched alkanes of at least 4 members (excludes halogenated alkanes) is 1. The van der Waals surface area contributed by atoms with E-state index in [1.54, 1.807) is 0 Å². The van der Waals surface area contributed by atoms with Crippen molar-refractivity contribution in [1.82, 2.24) is 0 Å². The molecule has 23 heavy (non-hydrogen) atoms. The molecular weight excluding hydrogens is 327 g/mol. The van der Waals surface area contributed by atoms with Gasteiger partial charge < -0.3 is 0 Å².